The summed E-state index contributed by atoms with van der Waals surface area (Å²) in [6.07, 6.45) is 3.82. The van der Waals surface area contributed by atoms with E-state index in [0.717, 1.165) is 5.69 Å². The average Bonchev–Trinajstić information content (AvgIpc) is 3.24. The molecule has 1 fully saturated rings. The van der Waals surface area contributed by atoms with Gasteiger partial charge in [-0.15, -0.1) is 0 Å². The van der Waals surface area contributed by atoms with Gasteiger partial charge in [0, 0.05) is 25.0 Å². The second-order valence-corrected chi connectivity index (χ2v) is 7.69. The number of aromatic nitrogens is 2. The number of sulfonamides is 1. The first-order valence-electron chi connectivity index (χ1n) is 7.81. The Morgan fingerprint density at radius 3 is 2.64 bits per heavy atom. The van der Waals surface area contributed by atoms with Crippen LogP contribution in [0, 0.1) is 0 Å². The lowest BCUT2D eigenvalue weighted by Gasteiger charge is -2.15. The minimum Gasteiger partial charge on any atom is -0.468 e. The van der Waals surface area contributed by atoms with E-state index in [1.54, 1.807) is 47.2 Å². The van der Waals surface area contributed by atoms with Crippen LogP contribution < -0.4 is 4.72 Å². The van der Waals surface area contributed by atoms with Gasteiger partial charge in [0.05, 0.1) is 17.7 Å². The normalized spacial score (nSPS) is 21.4. The van der Waals surface area contributed by atoms with Crippen LogP contribution in [0.1, 0.15) is 6.42 Å². The van der Waals surface area contributed by atoms with Crippen LogP contribution in [0.3, 0.4) is 0 Å². The summed E-state index contributed by atoms with van der Waals surface area (Å²) in [6.45, 7) is 0.449. The van der Waals surface area contributed by atoms with Crippen LogP contribution in [-0.4, -0.2) is 61.9 Å². The Morgan fingerprint density at radius 2 is 2.04 bits per heavy atom. The molecule has 2 heterocycles. The van der Waals surface area contributed by atoms with Gasteiger partial charge in [-0.1, -0.05) is 0 Å². The van der Waals surface area contributed by atoms with Crippen LogP contribution in [0.5, 0.6) is 0 Å². The fraction of sp³-hybridized carbons (Fsp3) is 0.375. The monoisotopic (exact) mass is 364 g/mol. The fourth-order valence-corrected chi connectivity index (χ4v) is 4.22. The summed E-state index contributed by atoms with van der Waals surface area (Å²) in [5.74, 6) is -0.354. The maximum Gasteiger partial charge on any atom is 0.323 e. The zero-order valence-electron chi connectivity index (χ0n) is 14.0. The molecule has 1 aromatic heterocycles. The quantitative estimate of drug-likeness (QED) is 0.772. The van der Waals surface area contributed by atoms with Crippen LogP contribution in [-0.2, 0) is 19.6 Å². The summed E-state index contributed by atoms with van der Waals surface area (Å²) in [7, 11) is -0.566. The van der Waals surface area contributed by atoms with E-state index in [-0.39, 0.29) is 16.9 Å². The standard InChI is InChI=1S/C16H20N4O4S/c1-19-11-12(10-15(19)16(21)24-2)18-25(22,23)14-6-4-13(5-7-14)20-9-3-8-17-20/h3-9,12,15,18H,10-11H2,1-2H3. The van der Waals surface area contributed by atoms with E-state index < -0.39 is 16.1 Å². The molecule has 1 aromatic carbocycles. The van der Waals surface area contributed by atoms with E-state index in [2.05, 4.69) is 9.82 Å². The van der Waals surface area contributed by atoms with Gasteiger partial charge in [-0.3, -0.25) is 9.69 Å². The molecule has 2 aromatic rings. The summed E-state index contributed by atoms with van der Waals surface area (Å²) in [6, 6.07) is 7.48. The third kappa shape index (κ3) is 3.73. The number of methoxy groups -OCH3 is 1. The van der Waals surface area contributed by atoms with Crippen molar-refractivity contribution in [2.75, 3.05) is 20.7 Å². The number of hydrogen-bond acceptors (Lipinski definition) is 6. The molecule has 1 aliphatic rings. The summed E-state index contributed by atoms with van der Waals surface area (Å²) < 4.78 is 34.2. The Balaban J connectivity index is 1.71. The van der Waals surface area contributed by atoms with E-state index >= 15 is 0 Å². The number of rotatable bonds is 5. The molecule has 0 aliphatic carbocycles. The van der Waals surface area contributed by atoms with Gasteiger partial charge in [0.25, 0.3) is 0 Å². The average molecular weight is 364 g/mol. The molecule has 0 amide bonds. The molecule has 2 atom stereocenters. The number of likely N-dealkylation sites (N-methyl/N-ethyl adjacent to an activating group) is 1. The van der Waals surface area contributed by atoms with Crippen LogP contribution >= 0.6 is 0 Å². The van der Waals surface area contributed by atoms with Crippen molar-refractivity contribution in [2.45, 2.75) is 23.4 Å². The third-order valence-electron chi connectivity index (χ3n) is 4.26. The van der Waals surface area contributed by atoms with Crippen molar-refractivity contribution in [1.29, 1.82) is 0 Å². The molecular weight excluding hydrogens is 344 g/mol. The van der Waals surface area contributed by atoms with Gasteiger partial charge in [0.2, 0.25) is 10.0 Å². The lowest BCUT2D eigenvalue weighted by molar-refractivity contribution is -0.145. The van der Waals surface area contributed by atoms with Crippen LogP contribution in [0.4, 0.5) is 0 Å². The second kappa shape index (κ2) is 6.95. The number of likely N-dealkylation sites (tertiary alicyclic amines) is 1. The maximum absolute atomic E-state index is 12.6. The van der Waals surface area contributed by atoms with E-state index in [1.807, 2.05) is 0 Å². The number of esters is 1. The number of nitrogens with one attached hydrogen (secondary N) is 1. The van der Waals surface area contributed by atoms with Crippen molar-refractivity contribution >= 4 is 16.0 Å². The van der Waals surface area contributed by atoms with Crippen molar-refractivity contribution < 1.29 is 17.9 Å². The maximum atomic E-state index is 12.6. The zero-order valence-corrected chi connectivity index (χ0v) is 14.8. The van der Waals surface area contributed by atoms with E-state index in [4.69, 9.17) is 4.74 Å². The Labute approximate surface area is 146 Å². The third-order valence-corrected chi connectivity index (χ3v) is 5.80. The molecule has 134 valence electrons. The lowest BCUT2D eigenvalue weighted by Crippen LogP contribution is -2.36. The number of nitrogens with zero attached hydrogens (tertiary/aromatic N) is 3. The molecule has 1 saturated heterocycles. The highest BCUT2D eigenvalue weighted by Crippen LogP contribution is 2.20. The van der Waals surface area contributed by atoms with Crippen LogP contribution in [0.2, 0.25) is 0 Å². The number of hydrogen-bond donors (Lipinski definition) is 1. The van der Waals surface area contributed by atoms with Crippen molar-refractivity contribution in [2.24, 2.45) is 0 Å². The zero-order chi connectivity index (χ0) is 18.0. The predicted octanol–water partition coefficient (Wildman–Crippen LogP) is 0.396. The first-order valence-corrected chi connectivity index (χ1v) is 9.29. The molecule has 1 N–H and O–H groups in total. The van der Waals surface area contributed by atoms with Crippen molar-refractivity contribution in [3.05, 3.63) is 42.7 Å². The first kappa shape index (κ1) is 17.6. The second-order valence-electron chi connectivity index (χ2n) is 5.98. The molecule has 0 radical (unpaired) electrons. The molecule has 1 aliphatic heterocycles. The van der Waals surface area contributed by atoms with Gasteiger partial charge >= 0.3 is 5.97 Å². The van der Waals surface area contributed by atoms with E-state index in [9.17, 15) is 13.2 Å². The highest BCUT2D eigenvalue weighted by molar-refractivity contribution is 7.89. The smallest absolute Gasteiger partial charge is 0.323 e. The molecule has 0 bridgehead atoms. The molecule has 25 heavy (non-hydrogen) atoms. The largest absolute Gasteiger partial charge is 0.468 e. The molecular formula is C16H20N4O4S. The topological polar surface area (TPSA) is 93.5 Å². The first-order chi connectivity index (χ1) is 11.9. The van der Waals surface area contributed by atoms with Crippen LogP contribution in [0.25, 0.3) is 5.69 Å². The fourth-order valence-electron chi connectivity index (χ4n) is 2.98. The SMILES string of the molecule is COC(=O)C1CC(NS(=O)(=O)c2ccc(-n3cccn3)cc2)CN1C. The summed E-state index contributed by atoms with van der Waals surface area (Å²) in [5, 5.41) is 4.11. The van der Waals surface area contributed by atoms with E-state index in [1.165, 1.54) is 19.2 Å². The van der Waals surface area contributed by atoms with Crippen LogP contribution in [0.15, 0.2) is 47.6 Å². The number of benzene rings is 1. The van der Waals surface area contributed by atoms with Crippen molar-refractivity contribution in [3.8, 4) is 5.69 Å². The molecule has 3 rings (SSSR count). The highest BCUT2D eigenvalue weighted by atomic mass is 32.2. The molecule has 8 nitrogen and oxygen atoms in total. The van der Waals surface area contributed by atoms with Gasteiger partial charge in [-0.2, -0.15) is 5.10 Å². The van der Waals surface area contributed by atoms with Gasteiger partial charge in [0.1, 0.15) is 6.04 Å². The predicted molar refractivity (Wildman–Crippen MR) is 90.7 cm³/mol. The summed E-state index contributed by atoms with van der Waals surface area (Å²) >= 11 is 0. The van der Waals surface area contributed by atoms with Crippen molar-refractivity contribution in [3.63, 3.8) is 0 Å². The molecule has 0 spiro atoms. The van der Waals surface area contributed by atoms with Gasteiger partial charge < -0.3 is 4.74 Å². The number of ether oxygens (including phenoxy) is 1. The Morgan fingerprint density at radius 1 is 1.32 bits per heavy atom. The summed E-state index contributed by atoms with van der Waals surface area (Å²) in [5.41, 5.74) is 0.773. The minimum absolute atomic E-state index is 0.174. The number of carbonyl (C=O) groups is 1. The van der Waals surface area contributed by atoms with Gasteiger partial charge in [0.15, 0.2) is 0 Å². The van der Waals surface area contributed by atoms with Crippen molar-refractivity contribution in [1.82, 2.24) is 19.4 Å². The van der Waals surface area contributed by atoms with Gasteiger partial charge in [-0.05, 0) is 43.8 Å². The molecule has 2 unspecified atom stereocenters. The molecule has 0 saturated carbocycles. The minimum atomic E-state index is -3.67. The Bertz CT molecular complexity index is 834. The lowest BCUT2D eigenvalue weighted by atomic mass is 10.2. The Hall–Kier alpha value is -2.23. The molecule has 9 heteroatoms. The number of carbonyl (C=O) groups excluding carboxylic acids is 1. The van der Waals surface area contributed by atoms with E-state index in [0.29, 0.717) is 13.0 Å². The Kier molecular flexibility index (Phi) is 4.89. The summed E-state index contributed by atoms with van der Waals surface area (Å²) in [4.78, 5) is 13.7. The highest BCUT2D eigenvalue weighted by Gasteiger charge is 2.37. The van der Waals surface area contributed by atoms with Gasteiger partial charge in [-0.25, -0.2) is 17.8 Å².